The van der Waals surface area contributed by atoms with Gasteiger partial charge in [-0.15, -0.1) is 11.6 Å². The summed E-state index contributed by atoms with van der Waals surface area (Å²) in [5, 5.41) is -0.472. The van der Waals surface area contributed by atoms with Gasteiger partial charge in [0.2, 0.25) is 0 Å². The van der Waals surface area contributed by atoms with Gasteiger partial charge in [-0.05, 0) is 62.4 Å². The highest BCUT2D eigenvalue weighted by molar-refractivity contribution is 8.00. The second kappa shape index (κ2) is 9.20. The Morgan fingerprint density at radius 3 is 1.76 bits per heavy atom. The fraction of sp³-hybridized carbons (Fsp3) is 0.212. The number of aliphatic imine (C=N–C) groups is 2. The van der Waals surface area contributed by atoms with Crippen molar-refractivity contribution in [3.8, 4) is 11.5 Å². The summed E-state index contributed by atoms with van der Waals surface area (Å²) in [6.07, 6.45) is -0.883. The molecule has 0 aromatic heterocycles. The summed E-state index contributed by atoms with van der Waals surface area (Å²) < 4.78 is 13.3. The van der Waals surface area contributed by atoms with Crippen LogP contribution in [-0.4, -0.2) is 42.1 Å². The van der Waals surface area contributed by atoms with Crippen LogP contribution in [0.2, 0.25) is 0 Å². The molecule has 9 heteroatoms. The Balaban J connectivity index is 1.11. The third-order valence-electron chi connectivity index (χ3n) is 8.42. The number of ether oxygens (including phenoxy) is 2. The van der Waals surface area contributed by atoms with E-state index in [9.17, 15) is 0 Å². The molecule has 4 heterocycles. The van der Waals surface area contributed by atoms with Crippen molar-refractivity contribution in [1.29, 1.82) is 0 Å². The molecule has 5 aliphatic rings. The number of alkyl halides is 1. The van der Waals surface area contributed by atoms with Crippen LogP contribution in [0.4, 0.5) is 34.1 Å². The summed E-state index contributed by atoms with van der Waals surface area (Å²) in [6.45, 7) is 6.06. The van der Waals surface area contributed by atoms with E-state index in [0.717, 1.165) is 68.6 Å². The van der Waals surface area contributed by atoms with E-state index in [1.54, 1.807) is 23.5 Å². The second-order valence-corrected chi connectivity index (χ2v) is 13.4. The van der Waals surface area contributed by atoms with E-state index < -0.39 is 17.6 Å². The highest BCUT2D eigenvalue weighted by Gasteiger charge is 2.52. The molecule has 2 unspecified atom stereocenters. The summed E-state index contributed by atoms with van der Waals surface area (Å²) in [6, 6.07) is 25.5. The normalized spacial score (nSPS) is 22.0. The molecule has 0 saturated heterocycles. The van der Waals surface area contributed by atoms with Gasteiger partial charge in [0, 0.05) is 32.7 Å². The van der Waals surface area contributed by atoms with Crippen LogP contribution >= 0.6 is 35.1 Å². The fourth-order valence-electron chi connectivity index (χ4n) is 6.51. The number of fused-ring (bicyclic) bond motifs is 9. The summed E-state index contributed by atoms with van der Waals surface area (Å²) in [5.41, 5.74) is 7.84. The molecule has 4 aromatic rings. The van der Waals surface area contributed by atoms with Gasteiger partial charge in [-0.25, -0.2) is 9.98 Å². The highest BCUT2D eigenvalue weighted by atomic mass is 35.5. The first kappa shape index (κ1) is 25.0. The van der Waals surface area contributed by atoms with E-state index >= 15 is 0 Å². The van der Waals surface area contributed by atoms with Crippen LogP contribution in [0, 0.1) is 0 Å². The van der Waals surface area contributed by atoms with Crippen LogP contribution < -0.4 is 19.3 Å². The minimum Gasteiger partial charge on any atom is -0.480 e. The van der Waals surface area contributed by atoms with Crippen molar-refractivity contribution >= 4 is 80.7 Å². The van der Waals surface area contributed by atoms with Crippen molar-refractivity contribution in [1.82, 2.24) is 0 Å². The maximum absolute atomic E-state index is 7.07. The molecule has 42 heavy (non-hydrogen) atoms. The summed E-state index contributed by atoms with van der Waals surface area (Å²) in [7, 11) is 0. The molecule has 0 N–H and O–H groups in total. The van der Waals surface area contributed by atoms with Gasteiger partial charge in [-0.2, -0.15) is 0 Å². The van der Waals surface area contributed by atoms with E-state index in [2.05, 4.69) is 96.4 Å². The largest absolute Gasteiger partial charge is 0.480 e. The first-order valence-corrected chi connectivity index (χ1v) is 16.3. The molecule has 0 radical (unpaired) electrons. The third kappa shape index (κ3) is 3.49. The zero-order valence-corrected chi connectivity index (χ0v) is 25.3. The van der Waals surface area contributed by atoms with Gasteiger partial charge in [-0.3, -0.25) is 0 Å². The molecule has 1 fully saturated rings. The first-order chi connectivity index (χ1) is 20.6. The van der Waals surface area contributed by atoms with Crippen molar-refractivity contribution in [2.24, 2.45) is 9.98 Å². The van der Waals surface area contributed by atoms with Crippen LogP contribution in [0.15, 0.2) is 102 Å². The molecule has 0 spiro atoms. The Bertz CT molecular complexity index is 1890. The Morgan fingerprint density at radius 1 is 0.667 bits per heavy atom. The predicted molar refractivity (Wildman–Crippen MR) is 172 cm³/mol. The van der Waals surface area contributed by atoms with E-state index in [4.69, 9.17) is 31.1 Å². The van der Waals surface area contributed by atoms with E-state index in [0.29, 0.717) is 0 Å². The van der Waals surface area contributed by atoms with Crippen molar-refractivity contribution in [2.75, 3.05) is 22.9 Å². The Morgan fingerprint density at radius 2 is 1.19 bits per heavy atom. The Hall–Kier alpha value is -3.59. The fourth-order valence-corrected chi connectivity index (χ4v) is 9.07. The number of hydrogen-bond donors (Lipinski definition) is 0. The molecule has 3 atom stereocenters. The number of nitrogens with zero attached hydrogens (tertiary/aromatic N) is 4. The Labute approximate surface area is 257 Å². The number of benzene rings is 4. The summed E-state index contributed by atoms with van der Waals surface area (Å²) >= 11 is 10.6. The van der Waals surface area contributed by atoms with Gasteiger partial charge in [-0.1, -0.05) is 47.8 Å². The predicted octanol–water partition coefficient (Wildman–Crippen LogP) is 8.92. The van der Waals surface area contributed by atoms with Gasteiger partial charge in [0.1, 0.15) is 34.0 Å². The van der Waals surface area contributed by atoms with Crippen molar-refractivity contribution in [3.05, 3.63) is 72.8 Å². The van der Waals surface area contributed by atoms with E-state index in [1.807, 2.05) is 0 Å². The number of para-hydroxylation sites is 2. The minimum absolute atomic E-state index is 0.432. The lowest BCUT2D eigenvalue weighted by molar-refractivity contribution is 0.268. The minimum atomic E-state index is -0.472. The second-order valence-electron chi connectivity index (χ2n) is 10.7. The lowest BCUT2D eigenvalue weighted by Crippen LogP contribution is -2.36. The number of anilines is 4. The Kier molecular flexibility index (Phi) is 5.47. The maximum Gasteiger partial charge on any atom is 0.180 e. The number of rotatable bonds is 2. The summed E-state index contributed by atoms with van der Waals surface area (Å²) in [4.78, 5) is 19.7. The van der Waals surface area contributed by atoms with Gasteiger partial charge in [0.05, 0.1) is 28.5 Å². The zero-order valence-electron chi connectivity index (χ0n) is 22.9. The lowest BCUT2D eigenvalue weighted by atomic mass is 10.1. The smallest absolute Gasteiger partial charge is 0.180 e. The molecular formula is C33H25ClN4O2S2. The SMILES string of the molecule is CCN1c2ccccc2Sc2cc3c(cc21)N=C1C(O3)C2=Nc3cc4c(cc3O[C@H]2C1Cl)Sc1ccccc1N4CC. The molecule has 1 saturated carbocycles. The first-order valence-electron chi connectivity index (χ1n) is 14.2. The van der Waals surface area contributed by atoms with Crippen molar-refractivity contribution < 1.29 is 9.47 Å². The van der Waals surface area contributed by atoms with Crippen LogP contribution in [0.1, 0.15) is 13.8 Å². The molecule has 6 nitrogen and oxygen atoms in total. The average molecular weight is 609 g/mol. The van der Waals surface area contributed by atoms with Gasteiger partial charge in [0.15, 0.2) is 12.2 Å². The number of hydrogen-bond acceptors (Lipinski definition) is 8. The molecule has 0 bridgehead atoms. The molecule has 4 aromatic carbocycles. The molecule has 9 rings (SSSR count). The average Bonchev–Trinajstić information content (AvgIpc) is 3.27. The monoisotopic (exact) mass is 608 g/mol. The molecular weight excluding hydrogens is 584 g/mol. The van der Waals surface area contributed by atoms with Gasteiger partial charge in [0.25, 0.3) is 0 Å². The summed E-state index contributed by atoms with van der Waals surface area (Å²) in [5.74, 6) is 1.50. The maximum atomic E-state index is 7.07. The van der Waals surface area contributed by atoms with Crippen LogP contribution in [0.25, 0.3) is 0 Å². The molecule has 208 valence electrons. The third-order valence-corrected chi connectivity index (χ3v) is 11.1. The standard InChI is InChI=1S/C33H25ClN4O2S2/c1-3-37-19-9-5-8-12-26(19)42-28-16-24-17(13-21(28)37)35-30-29(34)32-31(33(30)40-24)36-18-14-22-27(15-23(18)39-32)41-25-11-7-6-10-20(25)38(22)4-2/h5-16,29,32-33H,3-4H2,1-2H3/t29?,32-,33?/m0/s1. The van der Waals surface area contributed by atoms with E-state index in [-0.39, 0.29) is 0 Å². The lowest BCUT2D eigenvalue weighted by Gasteiger charge is -2.34. The van der Waals surface area contributed by atoms with Crippen LogP contribution in [-0.2, 0) is 0 Å². The van der Waals surface area contributed by atoms with Crippen LogP contribution in [0.5, 0.6) is 11.5 Å². The molecule has 4 aliphatic heterocycles. The van der Waals surface area contributed by atoms with Crippen LogP contribution in [0.3, 0.4) is 0 Å². The van der Waals surface area contributed by atoms with Gasteiger partial charge >= 0.3 is 0 Å². The van der Waals surface area contributed by atoms with Crippen molar-refractivity contribution in [3.63, 3.8) is 0 Å². The van der Waals surface area contributed by atoms with E-state index in [1.165, 1.54) is 21.2 Å². The molecule has 1 aliphatic carbocycles. The van der Waals surface area contributed by atoms with Gasteiger partial charge < -0.3 is 19.3 Å². The topological polar surface area (TPSA) is 49.7 Å². The molecule has 0 amide bonds. The zero-order chi connectivity index (χ0) is 28.1. The highest BCUT2D eigenvalue weighted by Crippen LogP contribution is 2.55. The quantitative estimate of drug-likeness (QED) is 0.212. The number of halogens is 1. The van der Waals surface area contributed by atoms with Crippen molar-refractivity contribution in [2.45, 2.75) is 51.0 Å².